The molecular formula is C28H23N5O. The molecule has 0 bridgehead atoms. The Bertz CT molecular complexity index is 1500. The highest BCUT2D eigenvalue weighted by molar-refractivity contribution is 6.00. The topological polar surface area (TPSA) is 66.8 Å². The highest BCUT2D eigenvalue weighted by Gasteiger charge is 2.25. The van der Waals surface area contributed by atoms with E-state index < -0.39 is 0 Å². The third-order valence-electron chi connectivity index (χ3n) is 6.31. The van der Waals surface area contributed by atoms with Gasteiger partial charge in [0.05, 0.1) is 11.3 Å². The Morgan fingerprint density at radius 2 is 1.74 bits per heavy atom. The molecule has 6 heteroatoms. The Morgan fingerprint density at radius 3 is 2.50 bits per heavy atom. The van der Waals surface area contributed by atoms with Crippen LogP contribution in [0.5, 0.6) is 0 Å². The Labute approximate surface area is 197 Å². The van der Waals surface area contributed by atoms with Crippen LogP contribution in [0.1, 0.15) is 22.3 Å². The van der Waals surface area contributed by atoms with Crippen molar-refractivity contribution in [2.45, 2.75) is 6.42 Å². The molecule has 1 N–H and O–H groups in total. The maximum absolute atomic E-state index is 13.7. The number of carbonyl (C=O) groups excluding carboxylic acids is 1. The lowest BCUT2D eigenvalue weighted by Gasteiger charge is -2.26. The summed E-state index contributed by atoms with van der Waals surface area (Å²) >= 11 is 0. The normalized spacial score (nSPS) is 13.8. The summed E-state index contributed by atoms with van der Waals surface area (Å²) in [6, 6.07) is 23.8. The van der Waals surface area contributed by atoms with Crippen molar-refractivity contribution in [2.24, 2.45) is 0 Å². The second-order valence-electron chi connectivity index (χ2n) is 8.37. The Kier molecular flexibility index (Phi) is 5.03. The van der Waals surface area contributed by atoms with E-state index in [-0.39, 0.29) is 5.91 Å². The Balaban J connectivity index is 1.32. The van der Waals surface area contributed by atoms with Crippen LogP contribution in [0.4, 0.5) is 0 Å². The maximum atomic E-state index is 13.7. The number of carbonyl (C=O) groups is 1. The van der Waals surface area contributed by atoms with Gasteiger partial charge < -0.3 is 9.88 Å². The van der Waals surface area contributed by atoms with Gasteiger partial charge in [-0.05, 0) is 36.3 Å². The molecule has 34 heavy (non-hydrogen) atoms. The zero-order valence-electron chi connectivity index (χ0n) is 18.6. The van der Waals surface area contributed by atoms with E-state index in [1.165, 1.54) is 5.57 Å². The molecular weight excluding hydrogens is 422 g/mol. The summed E-state index contributed by atoms with van der Waals surface area (Å²) in [7, 11) is 0. The van der Waals surface area contributed by atoms with E-state index >= 15 is 0 Å². The van der Waals surface area contributed by atoms with Crippen molar-refractivity contribution in [1.29, 1.82) is 0 Å². The van der Waals surface area contributed by atoms with Gasteiger partial charge in [-0.15, -0.1) is 0 Å². The van der Waals surface area contributed by atoms with Gasteiger partial charge in [-0.1, -0.05) is 54.6 Å². The van der Waals surface area contributed by atoms with Gasteiger partial charge in [0.2, 0.25) is 0 Å². The summed E-state index contributed by atoms with van der Waals surface area (Å²) in [6.07, 6.45) is 8.60. The molecule has 0 atom stereocenters. The van der Waals surface area contributed by atoms with Crippen LogP contribution in [0.2, 0.25) is 0 Å². The molecule has 166 valence electrons. The van der Waals surface area contributed by atoms with Crippen LogP contribution in [0.25, 0.3) is 33.6 Å². The van der Waals surface area contributed by atoms with Gasteiger partial charge >= 0.3 is 0 Å². The number of nitrogens with zero attached hydrogens (tertiary/aromatic N) is 4. The molecule has 5 aromatic rings. The second kappa shape index (κ2) is 8.48. The van der Waals surface area contributed by atoms with Gasteiger partial charge in [-0.2, -0.15) is 5.10 Å². The zero-order valence-corrected chi connectivity index (χ0v) is 18.6. The zero-order chi connectivity index (χ0) is 22.9. The van der Waals surface area contributed by atoms with Crippen molar-refractivity contribution in [3.8, 4) is 16.9 Å². The van der Waals surface area contributed by atoms with Crippen molar-refractivity contribution in [1.82, 2.24) is 24.6 Å². The predicted octanol–water partition coefficient (Wildman–Crippen LogP) is 5.35. The number of para-hydroxylation sites is 1. The highest BCUT2D eigenvalue weighted by atomic mass is 16.2. The number of rotatable bonds is 4. The number of H-pyrrole nitrogens is 1. The molecule has 0 radical (unpaired) electrons. The summed E-state index contributed by atoms with van der Waals surface area (Å²) in [5.74, 6) is -0.00284. The van der Waals surface area contributed by atoms with Crippen molar-refractivity contribution in [2.75, 3.05) is 13.1 Å². The average Bonchev–Trinajstić information content (AvgIpc) is 3.55. The van der Waals surface area contributed by atoms with Gasteiger partial charge in [0.25, 0.3) is 5.91 Å². The van der Waals surface area contributed by atoms with E-state index in [0.717, 1.165) is 34.3 Å². The van der Waals surface area contributed by atoms with Crippen molar-refractivity contribution < 1.29 is 4.79 Å². The molecule has 4 heterocycles. The minimum atomic E-state index is -0.00284. The first-order valence-electron chi connectivity index (χ1n) is 11.4. The third kappa shape index (κ3) is 3.59. The molecule has 0 saturated carbocycles. The summed E-state index contributed by atoms with van der Waals surface area (Å²) in [6.45, 7) is 1.22. The van der Waals surface area contributed by atoms with Crippen LogP contribution >= 0.6 is 0 Å². The monoisotopic (exact) mass is 445 g/mol. The lowest BCUT2D eigenvalue weighted by Crippen LogP contribution is -2.34. The fourth-order valence-corrected chi connectivity index (χ4v) is 4.54. The number of amides is 1. The van der Waals surface area contributed by atoms with E-state index in [2.05, 4.69) is 22.1 Å². The minimum Gasteiger partial charge on any atom is -0.346 e. The fraction of sp³-hybridized carbons (Fsp3) is 0.107. The maximum Gasteiger partial charge on any atom is 0.258 e. The number of pyridine rings is 1. The third-order valence-corrected chi connectivity index (χ3v) is 6.31. The molecule has 1 amide bonds. The van der Waals surface area contributed by atoms with Crippen molar-refractivity contribution in [3.63, 3.8) is 0 Å². The molecule has 0 saturated heterocycles. The van der Waals surface area contributed by atoms with E-state index in [0.29, 0.717) is 24.3 Å². The standard InChI is InChI=1S/C28H23N5O/c34-28(32-16-13-20(14-17-32)24-18-30-27-23(24)12-7-15-29-27)25-19-33(22-10-5-2-6-11-22)31-26(25)21-8-3-1-4-9-21/h1-13,15,18-19H,14,16-17H2,(H,29,30). The summed E-state index contributed by atoms with van der Waals surface area (Å²) in [4.78, 5) is 23.2. The lowest BCUT2D eigenvalue weighted by atomic mass is 9.99. The van der Waals surface area contributed by atoms with Crippen LogP contribution in [0.15, 0.2) is 97.5 Å². The number of hydrogen-bond acceptors (Lipinski definition) is 3. The quantitative estimate of drug-likeness (QED) is 0.406. The van der Waals surface area contributed by atoms with Crippen LogP contribution in [-0.4, -0.2) is 43.6 Å². The van der Waals surface area contributed by atoms with Crippen LogP contribution in [0, 0.1) is 0 Å². The van der Waals surface area contributed by atoms with E-state index in [1.54, 1.807) is 10.9 Å². The highest BCUT2D eigenvalue weighted by Crippen LogP contribution is 2.30. The molecule has 1 aliphatic heterocycles. The summed E-state index contributed by atoms with van der Waals surface area (Å²) in [5.41, 5.74) is 6.46. The molecule has 1 aliphatic rings. The molecule has 0 fully saturated rings. The number of benzene rings is 2. The van der Waals surface area contributed by atoms with E-state index in [9.17, 15) is 4.79 Å². The molecule has 0 spiro atoms. The van der Waals surface area contributed by atoms with Crippen LogP contribution in [0.3, 0.4) is 0 Å². The van der Waals surface area contributed by atoms with Gasteiger partial charge in [0.1, 0.15) is 11.3 Å². The Hall–Kier alpha value is -4.45. The largest absolute Gasteiger partial charge is 0.346 e. The number of fused-ring (bicyclic) bond motifs is 1. The predicted molar refractivity (Wildman–Crippen MR) is 134 cm³/mol. The molecule has 6 nitrogen and oxygen atoms in total. The molecule has 0 unspecified atom stereocenters. The molecule has 0 aliphatic carbocycles. The first kappa shape index (κ1) is 20.2. The number of hydrogen-bond donors (Lipinski definition) is 1. The van der Waals surface area contributed by atoms with Gasteiger partial charge in [-0.25, -0.2) is 9.67 Å². The number of nitrogens with one attached hydrogen (secondary N) is 1. The summed E-state index contributed by atoms with van der Waals surface area (Å²) < 4.78 is 1.79. The SMILES string of the molecule is O=C(c1cn(-c2ccccc2)nc1-c1ccccc1)N1CC=C(c2c[nH]c3ncccc23)CC1. The van der Waals surface area contributed by atoms with E-state index in [4.69, 9.17) is 5.10 Å². The number of aromatic amines is 1. The second-order valence-corrected chi connectivity index (χ2v) is 8.37. The molecule has 3 aromatic heterocycles. The molecule has 2 aromatic carbocycles. The van der Waals surface area contributed by atoms with Crippen molar-refractivity contribution in [3.05, 3.63) is 109 Å². The van der Waals surface area contributed by atoms with Gasteiger partial charge in [-0.3, -0.25) is 4.79 Å². The summed E-state index contributed by atoms with van der Waals surface area (Å²) in [5, 5.41) is 5.91. The van der Waals surface area contributed by atoms with Crippen molar-refractivity contribution >= 4 is 22.5 Å². The smallest absolute Gasteiger partial charge is 0.258 e. The minimum absolute atomic E-state index is 0.00284. The first-order chi connectivity index (χ1) is 16.8. The lowest BCUT2D eigenvalue weighted by molar-refractivity contribution is 0.0773. The Morgan fingerprint density at radius 1 is 0.941 bits per heavy atom. The van der Waals surface area contributed by atoms with Gasteiger partial charge in [0, 0.05) is 48.2 Å². The van der Waals surface area contributed by atoms with Crippen LogP contribution in [-0.2, 0) is 0 Å². The molecule has 6 rings (SSSR count). The number of aromatic nitrogens is 4. The van der Waals surface area contributed by atoms with Gasteiger partial charge in [0.15, 0.2) is 0 Å². The average molecular weight is 446 g/mol. The van der Waals surface area contributed by atoms with Crippen LogP contribution < -0.4 is 0 Å². The van der Waals surface area contributed by atoms with E-state index in [1.807, 2.05) is 84.0 Å². The fourth-order valence-electron chi connectivity index (χ4n) is 4.54. The first-order valence-corrected chi connectivity index (χ1v) is 11.4.